The van der Waals surface area contributed by atoms with Crippen molar-refractivity contribution in [2.75, 3.05) is 6.54 Å². The van der Waals surface area contributed by atoms with Crippen molar-refractivity contribution in [1.29, 1.82) is 0 Å². The van der Waals surface area contributed by atoms with Gasteiger partial charge in [-0.25, -0.2) is 9.59 Å². The van der Waals surface area contributed by atoms with Gasteiger partial charge in [-0.3, -0.25) is 4.48 Å². The lowest BCUT2D eigenvalue weighted by molar-refractivity contribution is -0.974. The SMILES string of the molecule is CCCCCCCC/C=C/CCCCCCCCCCCCC[N+](C(CC)C(=O)[O-])(C(CC)C(=O)O)C(CC)C(=O)O. The van der Waals surface area contributed by atoms with Crippen LogP contribution < -0.4 is 5.11 Å². The van der Waals surface area contributed by atoms with Crippen molar-refractivity contribution in [3.8, 4) is 0 Å². The number of aliphatic carboxylic acids is 3. The molecule has 42 heavy (non-hydrogen) atoms. The number of carbonyl (C=O) groups excluding carboxylic acids is 1. The molecule has 3 unspecified atom stereocenters. The maximum Gasteiger partial charge on any atom is 0.362 e. The summed E-state index contributed by atoms with van der Waals surface area (Å²) in [6.45, 7) is 7.53. The molecular weight excluding hydrogens is 530 g/mol. The number of allylic oxidation sites excluding steroid dienone is 2. The second kappa shape index (κ2) is 25.6. The van der Waals surface area contributed by atoms with Crippen molar-refractivity contribution in [2.45, 2.75) is 187 Å². The summed E-state index contributed by atoms with van der Waals surface area (Å²) in [5.74, 6) is -3.65. The molecule has 0 spiro atoms. The normalized spacial score (nSPS) is 15.3. The Labute approximate surface area is 257 Å². The summed E-state index contributed by atoms with van der Waals surface area (Å²) >= 11 is 0. The van der Waals surface area contributed by atoms with E-state index in [1.807, 2.05) is 0 Å². The second-order valence-corrected chi connectivity index (χ2v) is 12.2. The summed E-state index contributed by atoms with van der Waals surface area (Å²) in [5.41, 5.74) is 0. The average molecular weight is 596 g/mol. The van der Waals surface area contributed by atoms with Gasteiger partial charge in [-0.2, -0.15) is 0 Å². The third-order valence-corrected chi connectivity index (χ3v) is 9.05. The first kappa shape index (κ1) is 40.1. The van der Waals surface area contributed by atoms with Crippen LogP contribution in [0.2, 0.25) is 0 Å². The Balaban J connectivity index is 4.37. The number of carboxylic acid groups (broad SMARTS) is 3. The highest BCUT2D eigenvalue weighted by Crippen LogP contribution is 2.32. The van der Waals surface area contributed by atoms with E-state index in [1.165, 1.54) is 89.9 Å². The third-order valence-electron chi connectivity index (χ3n) is 9.05. The smallest absolute Gasteiger partial charge is 0.362 e. The van der Waals surface area contributed by atoms with Crippen LogP contribution >= 0.6 is 0 Å². The molecule has 0 saturated carbocycles. The van der Waals surface area contributed by atoms with Gasteiger partial charge in [0.25, 0.3) is 0 Å². The molecule has 0 aromatic heterocycles. The molecule has 0 aliphatic heterocycles. The van der Waals surface area contributed by atoms with Gasteiger partial charge in [-0.05, 0) is 38.5 Å². The molecule has 7 heteroatoms. The first-order valence-electron chi connectivity index (χ1n) is 17.4. The first-order chi connectivity index (χ1) is 20.2. The monoisotopic (exact) mass is 595 g/mol. The maximum atomic E-state index is 12.3. The van der Waals surface area contributed by atoms with Crippen LogP contribution in [0.5, 0.6) is 0 Å². The minimum atomic E-state index is -1.36. The fourth-order valence-corrected chi connectivity index (χ4v) is 6.78. The number of rotatable bonds is 30. The molecule has 2 N–H and O–H groups in total. The fraction of sp³-hybridized carbons (Fsp3) is 0.857. The standard InChI is InChI=1S/C35H65NO6/c1-5-9-10-11-12-13-14-15-16-17-18-19-20-21-22-23-24-25-26-27-28-29-36(30(6-2)33(37)38,31(7-3)34(39)40)32(8-4)35(41)42/h15-16,30-32H,5-14,17-29H2,1-4H3,(H2-,37,38,39,40,41,42)/b16-15+. The van der Waals surface area contributed by atoms with Crippen LogP contribution in [0.25, 0.3) is 0 Å². The van der Waals surface area contributed by atoms with E-state index < -0.39 is 40.5 Å². The Morgan fingerprint density at radius 2 is 0.881 bits per heavy atom. The van der Waals surface area contributed by atoms with Gasteiger partial charge in [0.2, 0.25) is 0 Å². The molecular formula is C35H65NO6. The highest BCUT2D eigenvalue weighted by Gasteiger charge is 2.53. The largest absolute Gasteiger partial charge is 0.544 e. The molecule has 0 aromatic carbocycles. The lowest BCUT2D eigenvalue weighted by Crippen LogP contribution is -2.73. The molecule has 246 valence electrons. The van der Waals surface area contributed by atoms with E-state index in [0.717, 1.165) is 25.7 Å². The Kier molecular flexibility index (Phi) is 24.4. The molecule has 0 radical (unpaired) electrons. The van der Waals surface area contributed by atoms with Gasteiger partial charge in [0.05, 0.1) is 12.5 Å². The predicted molar refractivity (Wildman–Crippen MR) is 170 cm³/mol. The molecule has 0 rings (SSSR count). The summed E-state index contributed by atoms with van der Waals surface area (Å²) in [6, 6.07) is -3.38. The van der Waals surface area contributed by atoms with Gasteiger partial charge in [0.15, 0.2) is 12.1 Å². The van der Waals surface area contributed by atoms with Crippen LogP contribution in [0.15, 0.2) is 12.2 Å². The zero-order valence-corrected chi connectivity index (χ0v) is 27.6. The van der Waals surface area contributed by atoms with Crippen molar-refractivity contribution in [1.82, 2.24) is 0 Å². The number of unbranched alkanes of at least 4 members (excludes halogenated alkanes) is 17. The topological polar surface area (TPSA) is 115 Å². The number of quaternary nitrogens is 1. The highest BCUT2D eigenvalue weighted by atomic mass is 16.4. The van der Waals surface area contributed by atoms with Crippen LogP contribution in [0.3, 0.4) is 0 Å². The summed E-state index contributed by atoms with van der Waals surface area (Å²) in [4.78, 5) is 36.7. The maximum absolute atomic E-state index is 12.3. The Morgan fingerprint density at radius 1 is 0.548 bits per heavy atom. The van der Waals surface area contributed by atoms with Gasteiger partial charge in [0, 0.05) is 19.3 Å². The van der Waals surface area contributed by atoms with E-state index in [1.54, 1.807) is 20.8 Å². The van der Waals surface area contributed by atoms with Gasteiger partial charge in [0.1, 0.15) is 6.04 Å². The van der Waals surface area contributed by atoms with Gasteiger partial charge in [-0.15, -0.1) is 0 Å². The van der Waals surface area contributed by atoms with Crippen molar-refractivity contribution in [3.05, 3.63) is 12.2 Å². The van der Waals surface area contributed by atoms with E-state index >= 15 is 0 Å². The van der Waals surface area contributed by atoms with E-state index in [4.69, 9.17) is 0 Å². The van der Waals surface area contributed by atoms with Crippen LogP contribution in [0.4, 0.5) is 0 Å². The fourth-order valence-electron chi connectivity index (χ4n) is 6.78. The van der Waals surface area contributed by atoms with E-state index in [0.29, 0.717) is 6.42 Å². The van der Waals surface area contributed by atoms with Crippen LogP contribution in [0.1, 0.15) is 169 Å². The van der Waals surface area contributed by atoms with E-state index in [9.17, 15) is 29.7 Å². The van der Waals surface area contributed by atoms with Crippen LogP contribution in [0, 0.1) is 0 Å². The van der Waals surface area contributed by atoms with Gasteiger partial charge >= 0.3 is 11.9 Å². The molecule has 0 bridgehead atoms. The average Bonchev–Trinajstić information content (AvgIpc) is 2.94. The lowest BCUT2D eigenvalue weighted by Gasteiger charge is -2.51. The number of hydrogen-bond acceptors (Lipinski definition) is 4. The van der Waals surface area contributed by atoms with Crippen molar-refractivity contribution in [3.63, 3.8) is 0 Å². The minimum Gasteiger partial charge on any atom is -0.544 e. The number of carboxylic acids is 3. The van der Waals surface area contributed by atoms with Crippen molar-refractivity contribution < 1.29 is 34.2 Å². The zero-order chi connectivity index (χ0) is 31.6. The molecule has 7 nitrogen and oxygen atoms in total. The van der Waals surface area contributed by atoms with Crippen LogP contribution in [-0.4, -0.2) is 57.3 Å². The quantitative estimate of drug-likeness (QED) is 0.0493. The summed E-state index contributed by atoms with van der Waals surface area (Å²) in [5, 5.41) is 32.2. The molecule has 0 amide bonds. The molecule has 0 aliphatic carbocycles. The molecule has 0 heterocycles. The minimum absolute atomic E-state index is 0.131. The predicted octanol–water partition coefficient (Wildman–Crippen LogP) is 8.05. The molecule has 0 fully saturated rings. The Morgan fingerprint density at radius 3 is 1.19 bits per heavy atom. The summed E-state index contributed by atoms with van der Waals surface area (Å²) in [7, 11) is 0. The van der Waals surface area contributed by atoms with Gasteiger partial charge in [-0.1, -0.05) is 123 Å². The molecule has 0 aliphatic rings. The van der Waals surface area contributed by atoms with Gasteiger partial charge < -0.3 is 20.1 Å². The Hall–Kier alpha value is -1.89. The lowest BCUT2D eigenvalue weighted by atomic mass is 9.93. The van der Waals surface area contributed by atoms with Crippen LogP contribution in [-0.2, 0) is 14.4 Å². The summed E-state index contributed by atoms with van der Waals surface area (Å²) in [6.07, 6.45) is 28.1. The number of carbonyl (C=O) groups is 3. The van der Waals surface area contributed by atoms with Crippen molar-refractivity contribution >= 4 is 17.9 Å². The van der Waals surface area contributed by atoms with E-state index in [-0.39, 0.29) is 25.8 Å². The zero-order valence-electron chi connectivity index (χ0n) is 27.6. The number of nitrogens with zero attached hydrogens (tertiary/aromatic N) is 1. The third kappa shape index (κ3) is 15.5. The Bertz CT molecular complexity index is 682. The summed E-state index contributed by atoms with van der Waals surface area (Å²) < 4.78 is -0.467. The molecule has 0 aromatic rings. The molecule has 3 atom stereocenters. The number of hydrogen-bond donors (Lipinski definition) is 2. The molecule has 0 saturated heterocycles. The van der Waals surface area contributed by atoms with E-state index in [2.05, 4.69) is 19.1 Å². The second-order valence-electron chi connectivity index (χ2n) is 12.2. The highest BCUT2D eigenvalue weighted by molar-refractivity contribution is 5.77. The first-order valence-corrected chi connectivity index (χ1v) is 17.4. The van der Waals surface area contributed by atoms with Crippen molar-refractivity contribution in [2.24, 2.45) is 0 Å².